The molecule has 1 aliphatic rings. The van der Waals surface area contributed by atoms with Crippen LogP contribution in [0.15, 0.2) is 72.8 Å². The van der Waals surface area contributed by atoms with Crippen LogP contribution in [0, 0.1) is 10.1 Å². The first-order chi connectivity index (χ1) is 16.1. The molecule has 6 nitrogen and oxygen atoms in total. The predicted molar refractivity (Wildman–Crippen MR) is 132 cm³/mol. The summed E-state index contributed by atoms with van der Waals surface area (Å²) in [7, 11) is 2.14. The van der Waals surface area contributed by atoms with Gasteiger partial charge in [-0.15, -0.1) is 11.3 Å². The van der Waals surface area contributed by atoms with E-state index >= 15 is 0 Å². The van der Waals surface area contributed by atoms with E-state index in [-0.39, 0.29) is 22.8 Å². The summed E-state index contributed by atoms with van der Waals surface area (Å²) in [6.07, 6.45) is 1.86. The first kappa shape index (κ1) is 21.7. The molecule has 2 heterocycles. The maximum absolute atomic E-state index is 11.2. The fourth-order valence-electron chi connectivity index (χ4n) is 4.28. The van der Waals surface area contributed by atoms with Crippen LogP contribution in [0.4, 0.5) is 5.69 Å². The third-order valence-corrected chi connectivity index (χ3v) is 7.19. The summed E-state index contributed by atoms with van der Waals surface area (Å²) in [4.78, 5) is 18.1. The number of para-hydroxylation sites is 1. The highest BCUT2D eigenvalue weighted by molar-refractivity contribution is 7.18. The maximum Gasteiger partial charge on any atom is 0.270 e. The molecular weight excluding hydrogens is 434 g/mol. The number of piperidine rings is 1. The summed E-state index contributed by atoms with van der Waals surface area (Å²) in [5.74, 6) is 0. The van der Waals surface area contributed by atoms with Crippen molar-refractivity contribution < 1.29 is 9.66 Å². The molecule has 1 aromatic heterocycles. The third kappa shape index (κ3) is 4.80. The molecule has 0 aliphatic carbocycles. The summed E-state index contributed by atoms with van der Waals surface area (Å²) < 4.78 is 7.85. The van der Waals surface area contributed by atoms with Crippen molar-refractivity contribution >= 4 is 27.2 Å². The molecule has 0 N–H and O–H groups in total. The van der Waals surface area contributed by atoms with E-state index in [1.165, 1.54) is 6.07 Å². The summed E-state index contributed by atoms with van der Waals surface area (Å²) in [6.45, 7) is 2.04. The second-order valence-corrected chi connectivity index (χ2v) is 9.53. The van der Waals surface area contributed by atoms with E-state index in [0.29, 0.717) is 0 Å². The van der Waals surface area contributed by atoms with E-state index in [1.54, 1.807) is 23.5 Å². The summed E-state index contributed by atoms with van der Waals surface area (Å²) >= 11 is 1.66. The van der Waals surface area contributed by atoms with Crippen molar-refractivity contribution in [3.63, 3.8) is 0 Å². The smallest absolute Gasteiger partial charge is 0.270 e. The van der Waals surface area contributed by atoms with Gasteiger partial charge in [0.1, 0.15) is 11.1 Å². The Hall–Kier alpha value is -3.13. The Morgan fingerprint density at radius 2 is 1.76 bits per heavy atom. The van der Waals surface area contributed by atoms with Crippen LogP contribution in [0.5, 0.6) is 0 Å². The Balaban J connectivity index is 1.52. The molecule has 168 valence electrons. The lowest BCUT2D eigenvalue weighted by molar-refractivity contribution is -0.384. The van der Waals surface area contributed by atoms with Crippen LogP contribution >= 0.6 is 11.3 Å². The summed E-state index contributed by atoms with van der Waals surface area (Å²) in [5.41, 5.74) is 3.81. The van der Waals surface area contributed by atoms with E-state index in [0.717, 1.165) is 57.8 Å². The van der Waals surface area contributed by atoms with Crippen molar-refractivity contribution in [1.82, 2.24) is 9.88 Å². The molecule has 1 saturated heterocycles. The highest BCUT2D eigenvalue weighted by Gasteiger charge is 2.26. The number of benzene rings is 3. The van der Waals surface area contributed by atoms with Gasteiger partial charge in [-0.05, 0) is 54.8 Å². The van der Waals surface area contributed by atoms with Gasteiger partial charge in [0.25, 0.3) is 5.69 Å². The summed E-state index contributed by atoms with van der Waals surface area (Å²) in [5, 5.41) is 12.2. The lowest BCUT2D eigenvalue weighted by atomic mass is 10.00. The molecular formula is C26H25N3O3S. The highest BCUT2D eigenvalue weighted by atomic mass is 32.1. The SMILES string of the molecule is CN1CCC(OC(c2cccc(-c3cccc([N+](=O)[O-])c3)c2)c2nc3ccccc3s2)CC1. The van der Waals surface area contributed by atoms with Gasteiger partial charge in [0.05, 0.1) is 21.2 Å². The fourth-order valence-corrected chi connectivity index (χ4v) is 5.31. The zero-order chi connectivity index (χ0) is 22.8. The quantitative estimate of drug-likeness (QED) is 0.258. The second-order valence-electron chi connectivity index (χ2n) is 8.47. The first-order valence-electron chi connectivity index (χ1n) is 11.1. The van der Waals surface area contributed by atoms with Crippen LogP contribution in [0.2, 0.25) is 0 Å². The minimum Gasteiger partial charge on any atom is -0.363 e. The van der Waals surface area contributed by atoms with Crippen LogP contribution in [-0.2, 0) is 4.74 Å². The topological polar surface area (TPSA) is 68.5 Å². The number of nitro benzene ring substituents is 1. The number of thiazole rings is 1. The molecule has 0 bridgehead atoms. The van der Waals surface area contributed by atoms with Gasteiger partial charge in [-0.3, -0.25) is 10.1 Å². The third-order valence-electron chi connectivity index (χ3n) is 6.11. The number of ether oxygens (including phenoxy) is 1. The minimum atomic E-state index is -0.361. The van der Waals surface area contributed by atoms with Crippen LogP contribution in [-0.4, -0.2) is 41.0 Å². The lowest BCUT2D eigenvalue weighted by Gasteiger charge is -2.31. The molecule has 1 aliphatic heterocycles. The lowest BCUT2D eigenvalue weighted by Crippen LogP contribution is -2.35. The molecule has 1 atom stereocenters. The zero-order valence-electron chi connectivity index (χ0n) is 18.4. The van der Waals surface area contributed by atoms with Gasteiger partial charge in [-0.2, -0.15) is 0 Å². The number of hydrogen-bond donors (Lipinski definition) is 0. The molecule has 3 aromatic carbocycles. The molecule has 0 spiro atoms. The molecule has 33 heavy (non-hydrogen) atoms. The molecule has 1 fully saturated rings. The van der Waals surface area contributed by atoms with Crippen LogP contribution in [0.3, 0.4) is 0 Å². The normalized spacial score (nSPS) is 16.2. The predicted octanol–water partition coefficient (Wildman–Crippen LogP) is 6.07. The molecule has 1 unspecified atom stereocenters. The fraction of sp³-hybridized carbons (Fsp3) is 0.269. The van der Waals surface area contributed by atoms with Crippen molar-refractivity contribution in [2.75, 3.05) is 20.1 Å². The van der Waals surface area contributed by atoms with Gasteiger partial charge in [-0.25, -0.2) is 4.98 Å². The molecule has 0 amide bonds. The number of non-ortho nitro benzene ring substituents is 1. The average Bonchev–Trinajstić information content (AvgIpc) is 3.28. The zero-order valence-corrected chi connectivity index (χ0v) is 19.2. The van der Waals surface area contributed by atoms with Gasteiger partial charge >= 0.3 is 0 Å². The van der Waals surface area contributed by atoms with E-state index in [2.05, 4.69) is 30.1 Å². The Labute approximate surface area is 196 Å². The largest absolute Gasteiger partial charge is 0.363 e. The molecule has 0 saturated carbocycles. The van der Waals surface area contributed by atoms with Crippen molar-refractivity contribution in [2.24, 2.45) is 0 Å². The monoisotopic (exact) mass is 459 g/mol. The number of nitro groups is 1. The van der Waals surface area contributed by atoms with Crippen LogP contribution < -0.4 is 0 Å². The Bertz CT molecular complexity index is 1250. The number of aromatic nitrogens is 1. The van der Waals surface area contributed by atoms with Crippen LogP contribution in [0.1, 0.15) is 29.5 Å². The van der Waals surface area contributed by atoms with Gasteiger partial charge in [-0.1, -0.05) is 42.5 Å². The molecule has 7 heteroatoms. The Morgan fingerprint density at radius 3 is 2.52 bits per heavy atom. The van der Waals surface area contributed by atoms with E-state index in [9.17, 15) is 10.1 Å². The molecule has 4 aromatic rings. The maximum atomic E-state index is 11.2. The van der Waals surface area contributed by atoms with Gasteiger partial charge in [0.15, 0.2) is 0 Å². The van der Waals surface area contributed by atoms with E-state index in [4.69, 9.17) is 9.72 Å². The van der Waals surface area contributed by atoms with Gasteiger partial charge < -0.3 is 9.64 Å². The number of fused-ring (bicyclic) bond motifs is 1. The summed E-state index contributed by atoms with van der Waals surface area (Å²) in [6, 6.07) is 23.0. The number of likely N-dealkylation sites (tertiary alicyclic amines) is 1. The second kappa shape index (κ2) is 9.39. The molecule has 0 radical (unpaired) electrons. The van der Waals surface area contributed by atoms with E-state index in [1.807, 2.05) is 36.4 Å². The minimum absolute atomic E-state index is 0.0863. The van der Waals surface area contributed by atoms with Gasteiger partial charge in [0.2, 0.25) is 0 Å². The van der Waals surface area contributed by atoms with E-state index < -0.39 is 0 Å². The Morgan fingerprint density at radius 1 is 1.03 bits per heavy atom. The number of nitrogens with zero attached hydrogens (tertiary/aromatic N) is 3. The van der Waals surface area contributed by atoms with Crippen molar-refractivity contribution in [3.05, 3.63) is 93.5 Å². The highest BCUT2D eigenvalue weighted by Crippen LogP contribution is 2.36. The van der Waals surface area contributed by atoms with Crippen molar-refractivity contribution in [2.45, 2.75) is 25.0 Å². The first-order valence-corrected chi connectivity index (χ1v) is 11.9. The van der Waals surface area contributed by atoms with Crippen LogP contribution in [0.25, 0.3) is 21.3 Å². The average molecular weight is 460 g/mol. The Kier molecular flexibility index (Phi) is 6.17. The van der Waals surface area contributed by atoms with Crippen molar-refractivity contribution in [3.8, 4) is 11.1 Å². The standard InChI is InChI=1S/C26H25N3O3S/c1-28-14-12-22(13-15-28)32-25(26-27-23-10-2-3-11-24(23)33-26)20-8-4-6-18(16-20)19-7-5-9-21(17-19)29(30)31/h2-11,16-17,22,25H,12-15H2,1H3. The number of hydrogen-bond acceptors (Lipinski definition) is 6. The number of rotatable bonds is 6. The van der Waals surface area contributed by atoms with Gasteiger partial charge in [0, 0.05) is 25.2 Å². The molecule has 5 rings (SSSR count). The van der Waals surface area contributed by atoms with Crippen molar-refractivity contribution in [1.29, 1.82) is 0 Å².